The summed E-state index contributed by atoms with van der Waals surface area (Å²) in [7, 11) is 1.84. The lowest BCUT2D eigenvalue weighted by Gasteiger charge is -2.44. The number of nitriles is 1. The van der Waals surface area contributed by atoms with Crippen molar-refractivity contribution in [3.8, 4) is 17.3 Å². The molecule has 1 aliphatic heterocycles. The molecule has 0 radical (unpaired) electrons. The highest BCUT2D eigenvalue weighted by molar-refractivity contribution is 5.80. The van der Waals surface area contributed by atoms with Crippen LogP contribution in [0.5, 0.6) is 0 Å². The molecular weight excluding hydrogens is 383 g/mol. The van der Waals surface area contributed by atoms with E-state index in [1.807, 2.05) is 32.2 Å². The predicted octanol–water partition coefficient (Wildman–Crippen LogP) is 1.93. The van der Waals surface area contributed by atoms with E-state index >= 15 is 4.39 Å². The number of aromatic nitrogens is 2. The minimum absolute atomic E-state index is 0.108. The van der Waals surface area contributed by atoms with Gasteiger partial charge in [-0.15, -0.1) is 0 Å². The third-order valence-corrected chi connectivity index (χ3v) is 6.68. The van der Waals surface area contributed by atoms with Gasteiger partial charge in [0.2, 0.25) is 5.91 Å². The number of hydrazine groups is 1. The smallest absolute Gasteiger partial charge is 0.240 e. The first-order chi connectivity index (χ1) is 14.5. The molecule has 1 saturated heterocycles. The molecule has 1 aromatic carbocycles. The van der Waals surface area contributed by atoms with Gasteiger partial charge in [0.15, 0.2) is 0 Å². The Kier molecular flexibility index (Phi) is 5.58. The second-order valence-corrected chi connectivity index (χ2v) is 8.23. The van der Waals surface area contributed by atoms with Crippen molar-refractivity contribution < 1.29 is 9.18 Å². The van der Waals surface area contributed by atoms with Crippen LogP contribution >= 0.6 is 0 Å². The van der Waals surface area contributed by atoms with Gasteiger partial charge in [0.05, 0.1) is 23.4 Å². The molecule has 2 fully saturated rings. The number of carbonyl (C=O) groups excluding carboxylic acids is 1. The number of rotatable bonds is 4. The fraction of sp³-hybridized carbons (Fsp3) is 0.500. The van der Waals surface area contributed by atoms with Crippen LogP contribution in [0.4, 0.5) is 4.39 Å². The Morgan fingerprint density at radius 3 is 2.90 bits per heavy atom. The van der Waals surface area contributed by atoms with Crippen molar-refractivity contribution in [1.82, 2.24) is 20.6 Å². The van der Waals surface area contributed by atoms with E-state index in [0.29, 0.717) is 18.5 Å². The van der Waals surface area contributed by atoms with Gasteiger partial charge in [0.25, 0.3) is 0 Å². The molecule has 5 atom stereocenters. The molecule has 158 valence electrons. The molecule has 7 nitrogen and oxygen atoms in total. The van der Waals surface area contributed by atoms with Crippen LogP contribution in [0.3, 0.4) is 0 Å². The lowest BCUT2D eigenvalue weighted by Crippen LogP contribution is -2.64. The number of carbonyl (C=O) groups is 1. The van der Waals surface area contributed by atoms with E-state index in [-0.39, 0.29) is 30.2 Å². The molecule has 1 saturated carbocycles. The number of nitrogens with one attached hydrogen (secondary N) is 2. The largest absolute Gasteiger partial charge is 0.329 e. The van der Waals surface area contributed by atoms with Gasteiger partial charge in [-0.05, 0) is 36.7 Å². The average Bonchev–Trinajstić information content (AvgIpc) is 3.14. The van der Waals surface area contributed by atoms with E-state index in [1.165, 1.54) is 0 Å². The van der Waals surface area contributed by atoms with Gasteiger partial charge in [0.1, 0.15) is 12.2 Å². The molecule has 0 bridgehead atoms. The third-order valence-electron chi connectivity index (χ3n) is 6.68. The molecule has 4 rings (SSSR count). The lowest BCUT2D eigenvalue weighted by atomic mass is 9.67. The fourth-order valence-corrected chi connectivity index (χ4v) is 5.18. The third kappa shape index (κ3) is 3.28. The number of fused-ring (bicyclic) bond motifs is 1. The summed E-state index contributed by atoms with van der Waals surface area (Å²) in [4.78, 5) is 12.3. The van der Waals surface area contributed by atoms with E-state index in [1.54, 1.807) is 10.9 Å². The maximum absolute atomic E-state index is 15.2. The van der Waals surface area contributed by atoms with E-state index < -0.39 is 12.1 Å². The van der Waals surface area contributed by atoms with Gasteiger partial charge < -0.3 is 5.73 Å². The lowest BCUT2D eigenvalue weighted by molar-refractivity contribution is -0.137. The molecule has 1 amide bonds. The monoisotopic (exact) mass is 410 g/mol. The Balaban J connectivity index is 1.76. The van der Waals surface area contributed by atoms with Crippen molar-refractivity contribution >= 4 is 5.91 Å². The summed E-state index contributed by atoms with van der Waals surface area (Å²) < 4.78 is 17.0. The Labute approximate surface area is 175 Å². The molecule has 30 heavy (non-hydrogen) atoms. The SMILES string of the molecule is CCc1cccc(-c2c(C3CC(F)C4C(=O)NNC(CN)C4C3)cnn2C)c1C#N. The summed E-state index contributed by atoms with van der Waals surface area (Å²) >= 11 is 0. The second kappa shape index (κ2) is 8.17. The molecular formula is C22H27FN6O. The van der Waals surface area contributed by atoms with Crippen LogP contribution in [0.25, 0.3) is 11.3 Å². The summed E-state index contributed by atoms with van der Waals surface area (Å²) in [6.45, 7) is 2.34. The van der Waals surface area contributed by atoms with Crippen LogP contribution in [0, 0.1) is 23.2 Å². The van der Waals surface area contributed by atoms with Crippen LogP contribution in [0.15, 0.2) is 24.4 Å². The minimum atomic E-state index is -1.25. The van der Waals surface area contributed by atoms with Gasteiger partial charge >= 0.3 is 0 Å². The van der Waals surface area contributed by atoms with Crippen molar-refractivity contribution in [3.05, 3.63) is 41.1 Å². The summed E-state index contributed by atoms with van der Waals surface area (Å²) in [6, 6.07) is 8.00. The summed E-state index contributed by atoms with van der Waals surface area (Å²) in [6.07, 6.45) is 2.17. The van der Waals surface area contributed by atoms with Gasteiger partial charge in [-0.2, -0.15) is 10.4 Å². The van der Waals surface area contributed by atoms with Gasteiger partial charge in [0, 0.05) is 30.8 Å². The zero-order valence-corrected chi connectivity index (χ0v) is 17.2. The number of amides is 1. The molecule has 1 aliphatic carbocycles. The second-order valence-electron chi connectivity index (χ2n) is 8.23. The molecule has 2 aromatic rings. The number of nitrogens with zero attached hydrogens (tertiary/aromatic N) is 3. The Morgan fingerprint density at radius 1 is 1.40 bits per heavy atom. The highest BCUT2D eigenvalue weighted by Crippen LogP contribution is 2.46. The van der Waals surface area contributed by atoms with E-state index in [9.17, 15) is 10.1 Å². The standard InChI is InChI=1S/C22H27FN6O/c1-3-12-5-4-6-14(16(12)9-24)21-17(11-26-29(21)2)13-7-15-19(10-25)27-28-22(30)20(15)18(23)8-13/h4-6,11,13,15,18-20,27H,3,7-8,10,25H2,1-2H3,(H,28,30). The van der Waals surface area contributed by atoms with Gasteiger partial charge in [-0.25, -0.2) is 9.82 Å². The Bertz CT molecular complexity index is 996. The first-order valence-electron chi connectivity index (χ1n) is 10.4. The van der Waals surface area contributed by atoms with Gasteiger partial charge in [-0.1, -0.05) is 25.1 Å². The van der Waals surface area contributed by atoms with E-state index in [0.717, 1.165) is 28.8 Å². The fourth-order valence-electron chi connectivity index (χ4n) is 5.18. The quantitative estimate of drug-likeness (QED) is 0.714. The molecule has 5 unspecified atom stereocenters. The van der Waals surface area contributed by atoms with Crippen LogP contribution in [-0.4, -0.2) is 34.4 Å². The summed E-state index contributed by atoms with van der Waals surface area (Å²) in [5.41, 5.74) is 15.6. The van der Waals surface area contributed by atoms with Crippen molar-refractivity contribution in [2.45, 2.75) is 44.3 Å². The highest BCUT2D eigenvalue weighted by Gasteiger charge is 2.48. The van der Waals surface area contributed by atoms with Crippen LogP contribution in [-0.2, 0) is 18.3 Å². The zero-order valence-electron chi connectivity index (χ0n) is 17.2. The number of nitrogens with two attached hydrogens (primary N) is 1. The maximum atomic E-state index is 15.2. The normalized spacial score (nSPS) is 28.5. The number of benzene rings is 1. The average molecular weight is 410 g/mol. The molecule has 4 N–H and O–H groups in total. The summed E-state index contributed by atoms with van der Waals surface area (Å²) in [5, 5.41) is 14.3. The highest BCUT2D eigenvalue weighted by atomic mass is 19.1. The predicted molar refractivity (Wildman–Crippen MR) is 111 cm³/mol. The topological polar surface area (TPSA) is 109 Å². The molecule has 2 heterocycles. The molecule has 1 aromatic heterocycles. The van der Waals surface area contributed by atoms with Crippen LogP contribution < -0.4 is 16.6 Å². The number of aryl methyl sites for hydroxylation is 2. The molecule has 2 aliphatic rings. The van der Waals surface area contributed by atoms with Crippen molar-refractivity contribution in [1.29, 1.82) is 5.26 Å². The summed E-state index contributed by atoms with van der Waals surface area (Å²) in [5.74, 6) is -1.29. The van der Waals surface area contributed by atoms with Gasteiger partial charge in [-0.3, -0.25) is 14.9 Å². The number of halogens is 1. The number of hydrogen-bond donors (Lipinski definition) is 3. The van der Waals surface area contributed by atoms with E-state index in [4.69, 9.17) is 5.73 Å². The Hall–Kier alpha value is -2.76. The maximum Gasteiger partial charge on any atom is 0.240 e. The zero-order chi connectivity index (χ0) is 21.4. The van der Waals surface area contributed by atoms with Crippen molar-refractivity contribution in [2.75, 3.05) is 6.54 Å². The van der Waals surface area contributed by atoms with E-state index in [2.05, 4.69) is 22.0 Å². The van der Waals surface area contributed by atoms with Crippen molar-refractivity contribution in [3.63, 3.8) is 0 Å². The first kappa shape index (κ1) is 20.5. The minimum Gasteiger partial charge on any atom is -0.329 e. The number of alkyl halides is 1. The van der Waals surface area contributed by atoms with Crippen LogP contribution in [0.2, 0.25) is 0 Å². The van der Waals surface area contributed by atoms with Crippen molar-refractivity contribution in [2.24, 2.45) is 24.6 Å². The van der Waals surface area contributed by atoms with Crippen LogP contribution in [0.1, 0.15) is 42.4 Å². The Morgan fingerprint density at radius 2 is 2.20 bits per heavy atom. The number of hydrogen-bond acceptors (Lipinski definition) is 5. The molecule has 8 heteroatoms. The first-order valence-corrected chi connectivity index (χ1v) is 10.4. The molecule has 0 spiro atoms.